The van der Waals surface area contributed by atoms with Crippen LogP contribution in [0.2, 0.25) is 0 Å². The second-order valence-corrected chi connectivity index (χ2v) is 7.16. The topological polar surface area (TPSA) is 68.9 Å². The standard InChI is InChI=1S/C22H28N6/c1-4-28(5-2)12-6-9-25-27-22-18-13-17-19-14-23-10-8-20(19)26-21(17)15(3)16(18)7-11-24-22/h7-8,10-11,13-14,25-26H,4-6,9,12H2,1-3H3,(H,24,27). The number of aryl methyl sites for hydroxylation is 1. The van der Waals surface area contributed by atoms with E-state index in [9.17, 15) is 0 Å². The van der Waals surface area contributed by atoms with Gasteiger partial charge in [0.1, 0.15) is 5.82 Å². The summed E-state index contributed by atoms with van der Waals surface area (Å²) in [5, 5.41) is 4.65. The van der Waals surface area contributed by atoms with E-state index in [2.05, 4.69) is 63.6 Å². The number of rotatable bonds is 8. The molecule has 4 aromatic rings. The van der Waals surface area contributed by atoms with E-state index >= 15 is 0 Å². The van der Waals surface area contributed by atoms with Crippen LogP contribution in [0.1, 0.15) is 25.8 Å². The lowest BCUT2D eigenvalue weighted by Crippen LogP contribution is -2.29. The molecule has 28 heavy (non-hydrogen) atoms. The van der Waals surface area contributed by atoms with Crippen LogP contribution in [-0.4, -0.2) is 46.0 Å². The Hall–Kier alpha value is -2.70. The van der Waals surface area contributed by atoms with Crippen LogP contribution < -0.4 is 10.9 Å². The third-order valence-corrected chi connectivity index (χ3v) is 5.58. The van der Waals surface area contributed by atoms with Gasteiger partial charge in [-0.25, -0.2) is 10.4 Å². The molecule has 146 valence electrons. The molecule has 0 radical (unpaired) electrons. The van der Waals surface area contributed by atoms with Crippen molar-refractivity contribution in [1.82, 2.24) is 25.3 Å². The molecule has 0 atom stereocenters. The molecule has 0 spiro atoms. The number of hydrazine groups is 1. The predicted octanol–water partition coefficient (Wildman–Crippen LogP) is 4.22. The van der Waals surface area contributed by atoms with Gasteiger partial charge in [0.15, 0.2) is 0 Å². The summed E-state index contributed by atoms with van der Waals surface area (Å²) in [5.74, 6) is 0.864. The molecule has 0 aliphatic rings. The Bertz CT molecular complexity index is 1100. The first-order valence-electron chi connectivity index (χ1n) is 10.1. The van der Waals surface area contributed by atoms with Gasteiger partial charge in [-0.2, -0.15) is 0 Å². The zero-order valence-electron chi connectivity index (χ0n) is 16.8. The van der Waals surface area contributed by atoms with E-state index in [4.69, 9.17) is 0 Å². The summed E-state index contributed by atoms with van der Waals surface area (Å²) in [4.78, 5) is 14.8. The first-order valence-corrected chi connectivity index (χ1v) is 10.1. The summed E-state index contributed by atoms with van der Waals surface area (Å²) < 4.78 is 0. The number of nitrogens with zero attached hydrogens (tertiary/aromatic N) is 3. The summed E-state index contributed by atoms with van der Waals surface area (Å²) in [6.45, 7) is 10.8. The lowest BCUT2D eigenvalue weighted by Gasteiger charge is -2.18. The maximum atomic E-state index is 4.57. The molecule has 0 aliphatic heterocycles. The van der Waals surface area contributed by atoms with Crippen LogP contribution in [0.4, 0.5) is 5.82 Å². The lowest BCUT2D eigenvalue weighted by molar-refractivity contribution is 0.299. The quantitative estimate of drug-likeness (QED) is 0.317. The predicted molar refractivity (Wildman–Crippen MR) is 118 cm³/mol. The zero-order chi connectivity index (χ0) is 19.5. The Balaban J connectivity index is 1.60. The zero-order valence-corrected chi connectivity index (χ0v) is 16.8. The van der Waals surface area contributed by atoms with Gasteiger partial charge in [0, 0.05) is 46.8 Å². The van der Waals surface area contributed by atoms with E-state index in [1.165, 1.54) is 21.9 Å². The normalized spacial score (nSPS) is 11.9. The Labute approximate surface area is 165 Å². The molecule has 3 heterocycles. The van der Waals surface area contributed by atoms with E-state index in [1.807, 2.05) is 24.7 Å². The lowest BCUT2D eigenvalue weighted by atomic mass is 10.0. The molecule has 0 saturated carbocycles. The molecule has 0 aliphatic carbocycles. The molecular formula is C22H28N6. The monoisotopic (exact) mass is 376 g/mol. The number of aromatic nitrogens is 3. The van der Waals surface area contributed by atoms with Crippen molar-refractivity contribution in [2.45, 2.75) is 27.2 Å². The minimum absolute atomic E-state index is 0.864. The molecule has 0 fully saturated rings. The maximum absolute atomic E-state index is 4.57. The van der Waals surface area contributed by atoms with Gasteiger partial charge in [-0.3, -0.25) is 4.98 Å². The third-order valence-electron chi connectivity index (χ3n) is 5.58. The highest BCUT2D eigenvalue weighted by Crippen LogP contribution is 2.34. The summed E-state index contributed by atoms with van der Waals surface area (Å²) in [7, 11) is 0. The Morgan fingerprint density at radius 2 is 1.89 bits per heavy atom. The van der Waals surface area contributed by atoms with E-state index in [-0.39, 0.29) is 0 Å². The summed E-state index contributed by atoms with van der Waals surface area (Å²) >= 11 is 0. The number of anilines is 1. The van der Waals surface area contributed by atoms with Crippen LogP contribution in [0.25, 0.3) is 32.6 Å². The molecule has 3 N–H and O–H groups in total. The molecule has 3 aromatic heterocycles. The van der Waals surface area contributed by atoms with Gasteiger partial charge in [0.25, 0.3) is 0 Å². The van der Waals surface area contributed by atoms with Gasteiger partial charge in [0.05, 0.1) is 5.52 Å². The van der Waals surface area contributed by atoms with Crippen molar-refractivity contribution in [3.63, 3.8) is 0 Å². The van der Waals surface area contributed by atoms with Crippen LogP contribution >= 0.6 is 0 Å². The Morgan fingerprint density at radius 3 is 2.71 bits per heavy atom. The highest BCUT2D eigenvalue weighted by atomic mass is 15.4. The number of aromatic amines is 1. The molecule has 0 amide bonds. The molecule has 0 unspecified atom stereocenters. The van der Waals surface area contributed by atoms with Crippen molar-refractivity contribution in [2.75, 3.05) is 31.6 Å². The van der Waals surface area contributed by atoms with Crippen LogP contribution in [0.15, 0.2) is 36.8 Å². The Kier molecular flexibility index (Phi) is 5.41. The Morgan fingerprint density at radius 1 is 1.04 bits per heavy atom. The smallest absolute Gasteiger partial charge is 0.148 e. The summed E-state index contributed by atoms with van der Waals surface area (Å²) in [6.07, 6.45) is 6.71. The number of fused-ring (bicyclic) bond motifs is 4. The molecular weight excluding hydrogens is 348 g/mol. The van der Waals surface area contributed by atoms with Crippen molar-refractivity contribution in [1.29, 1.82) is 0 Å². The van der Waals surface area contributed by atoms with E-state index in [1.54, 1.807) is 0 Å². The SMILES string of the molecule is CCN(CC)CCCNNc1nccc2c(C)c3[nH]c4ccncc4c3cc12. The number of H-pyrrole nitrogens is 1. The third kappa shape index (κ3) is 3.41. The van der Waals surface area contributed by atoms with E-state index in [0.29, 0.717) is 0 Å². The number of pyridine rings is 2. The van der Waals surface area contributed by atoms with Gasteiger partial charge in [-0.1, -0.05) is 13.8 Å². The van der Waals surface area contributed by atoms with Crippen LogP contribution in [0.3, 0.4) is 0 Å². The first kappa shape index (κ1) is 18.7. The van der Waals surface area contributed by atoms with Gasteiger partial charge in [-0.05, 0) is 62.1 Å². The van der Waals surface area contributed by atoms with Gasteiger partial charge in [0.2, 0.25) is 0 Å². The minimum Gasteiger partial charge on any atom is -0.354 e. The van der Waals surface area contributed by atoms with Crippen LogP contribution in [0, 0.1) is 6.92 Å². The summed E-state index contributed by atoms with van der Waals surface area (Å²) in [5.41, 5.74) is 10.2. The van der Waals surface area contributed by atoms with Gasteiger partial charge >= 0.3 is 0 Å². The molecule has 4 rings (SSSR count). The molecule has 0 bridgehead atoms. The average molecular weight is 377 g/mol. The van der Waals surface area contributed by atoms with Crippen LogP contribution in [0.5, 0.6) is 0 Å². The summed E-state index contributed by atoms with van der Waals surface area (Å²) in [6, 6.07) is 6.32. The fraction of sp³-hybridized carbons (Fsp3) is 0.364. The number of hydrogen-bond donors (Lipinski definition) is 3. The average Bonchev–Trinajstić information content (AvgIpc) is 3.10. The van der Waals surface area contributed by atoms with E-state index < -0.39 is 0 Å². The molecule has 6 heteroatoms. The number of benzene rings is 1. The fourth-order valence-corrected chi connectivity index (χ4v) is 3.90. The largest absolute Gasteiger partial charge is 0.354 e. The first-order chi connectivity index (χ1) is 13.7. The van der Waals surface area contributed by atoms with Crippen molar-refractivity contribution in [2.24, 2.45) is 0 Å². The van der Waals surface area contributed by atoms with Gasteiger partial charge < -0.3 is 15.3 Å². The second-order valence-electron chi connectivity index (χ2n) is 7.16. The van der Waals surface area contributed by atoms with Crippen molar-refractivity contribution in [3.05, 3.63) is 42.4 Å². The van der Waals surface area contributed by atoms with Crippen LogP contribution in [-0.2, 0) is 0 Å². The molecule has 0 saturated heterocycles. The number of nitrogens with one attached hydrogen (secondary N) is 3. The maximum Gasteiger partial charge on any atom is 0.148 e. The van der Waals surface area contributed by atoms with Crippen molar-refractivity contribution >= 4 is 38.4 Å². The second kappa shape index (κ2) is 8.12. The highest BCUT2D eigenvalue weighted by molar-refractivity contribution is 6.15. The van der Waals surface area contributed by atoms with Gasteiger partial charge in [-0.15, -0.1) is 0 Å². The van der Waals surface area contributed by atoms with Crippen molar-refractivity contribution in [3.8, 4) is 0 Å². The van der Waals surface area contributed by atoms with E-state index in [0.717, 1.165) is 54.7 Å². The number of hydrogen-bond acceptors (Lipinski definition) is 5. The minimum atomic E-state index is 0.864. The molecule has 6 nitrogen and oxygen atoms in total. The fourth-order valence-electron chi connectivity index (χ4n) is 3.90. The van der Waals surface area contributed by atoms with Crippen molar-refractivity contribution < 1.29 is 0 Å². The molecule has 1 aromatic carbocycles. The highest BCUT2D eigenvalue weighted by Gasteiger charge is 2.12.